The Labute approximate surface area is 101 Å². The molecule has 3 N–H and O–H groups in total. The minimum atomic E-state index is 0.364. The largest absolute Gasteiger partial charge is 0.271 e. The molecular formula is C12H21N3S. The third-order valence-corrected chi connectivity index (χ3v) is 4.72. The van der Waals surface area contributed by atoms with Gasteiger partial charge in [0.2, 0.25) is 0 Å². The summed E-state index contributed by atoms with van der Waals surface area (Å²) in [6.07, 6.45) is 6.75. The van der Waals surface area contributed by atoms with E-state index in [1.54, 1.807) is 11.3 Å². The minimum absolute atomic E-state index is 0.364. The van der Waals surface area contributed by atoms with Gasteiger partial charge in [-0.15, -0.1) is 11.3 Å². The summed E-state index contributed by atoms with van der Waals surface area (Å²) in [5.41, 5.74) is 3.42. The second-order valence-electron chi connectivity index (χ2n) is 5.39. The van der Waals surface area contributed by atoms with Crippen molar-refractivity contribution >= 4 is 11.3 Å². The van der Waals surface area contributed by atoms with Gasteiger partial charge in [0.05, 0.1) is 5.01 Å². The fourth-order valence-electron chi connectivity index (χ4n) is 2.96. The molecule has 16 heavy (non-hydrogen) atoms. The van der Waals surface area contributed by atoms with E-state index < -0.39 is 0 Å². The number of nitrogens with zero attached hydrogens (tertiary/aromatic N) is 1. The summed E-state index contributed by atoms with van der Waals surface area (Å²) in [5.74, 6) is 6.39. The second kappa shape index (κ2) is 4.82. The Morgan fingerprint density at radius 2 is 2.50 bits per heavy atom. The van der Waals surface area contributed by atoms with E-state index >= 15 is 0 Å². The fraction of sp³-hybridized carbons (Fsp3) is 0.750. The average molecular weight is 239 g/mol. The van der Waals surface area contributed by atoms with Gasteiger partial charge >= 0.3 is 0 Å². The molecule has 0 spiro atoms. The molecule has 2 unspecified atom stereocenters. The minimum Gasteiger partial charge on any atom is -0.271 e. The predicted octanol–water partition coefficient (Wildman–Crippen LogP) is 2.34. The van der Waals surface area contributed by atoms with Crippen LogP contribution in [0.4, 0.5) is 0 Å². The molecule has 4 heteroatoms. The number of aromatic nitrogens is 1. The fourth-order valence-corrected chi connectivity index (χ4v) is 3.64. The molecule has 1 saturated carbocycles. The van der Waals surface area contributed by atoms with E-state index in [0.717, 1.165) is 6.42 Å². The van der Waals surface area contributed by atoms with E-state index in [9.17, 15) is 0 Å². The van der Waals surface area contributed by atoms with Crippen molar-refractivity contribution < 1.29 is 0 Å². The highest BCUT2D eigenvalue weighted by atomic mass is 32.1. The van der Waals surface area contributed by atoms with E-state index in [0.29, 0.717) is 17.4 Å². The molecule has 0 bridgehead atoms. The van der Waals surface area contributed by atoms with Crippen molar-refractivity contribution in [3.05, 3.63) is 16.6 Å². The molecular weight excluding hydrogens is 218 g/mol. The lowest BCUT2D eigenvalue weighted by Crippen LogP contribution is -2.45. The number of nitrogens with two attached hydrogens (primary N) is 1. The lowest BCUT2D eigenvalue weighted by Gasteiger charge is -2.33. The van der Waals surface area contributed by atoms with Crippen molar-refractivity contribution in [2.45, 2.75) is 45.6 Å². The second-order valence-corrected chi connectivity index (χ2v) is 6.37. The Bertz CT molecular complexity index is 321. The topological polar surface area (TPSA) is 50.9 Å². The zero-order valence-corrected chi connectivity index (χ0v) is 10.9. The lowest BCUT2D eigenvalue weighted by atomic mass is 9.77. The molecule has 0 aromatic carbocycles. The molecule has 1 aliphatic rings. The van der Waals surface area contributed by atoms with Crippen LogP contribution >= 0.6 is 11.3 Å². The number of nitrogens with one attached hydrogen (secondary N) is 1. The lowest BCUT2D eigenvalue weighted by molar-refractivity contribution is 0.196. The molecule has 1 aromatic heterocycles. The molecule has 2 rings (SSSR count). The zero-order valence-electron chi connectivity index (χ0n) is 10.1. The standard InChI is InChI=1S/C12H21N3S/c1-12(2)5-3-4-9(12)10(15-13)8-11-14-6-7-16-11/h6-7,9-10,15H,3-5,8,13H2,1-2H3. The molecule has 1 heterocycles. The summed E-state index contributed by atoms with van der Waals surface area (Å²) < 4.78 is 0. The van der Waals surface area contributed by atoms with Crippen LogP contribution in [0.5, 0.6) is 0 Å². The Kier molecular flexibility index (Phi) is 3.62. The predicted molar refractivity (Wildman–Crippen MR) is 68.1 cm³/mol. The van der Waals surface area contributed by atoms with E-state index in [1.807, 2.05) is 11.6 Å². The molecule has 90 valence electrons. The maximum absolute atomic E-state index is 5.72. The number of hydrazine groups is 1. The Balaban J connectivity index is 2.05. The first-order valence-corrected chi connectivity index (χ1v) is 6.86. The van der Waals surface area contributed by atoms with Gasteiger partial charge in [-0.3, -0.25) is 11.3 Å². The zero-order chi connectivity index (χ0) is 11.6. The highest BCUT2D eigenvalue weighted by Gasteiger charge is 2.39. The molecule has 1 aliphatic carbocycles. The molecule has 0 aliphatic heterocycles. The number of thiazole rings is 1. The third-order valence-electron chi connectivity index (χ3n) is 3.92. The van der Waals surface area contributed by atoms with Crippen molar-refractivity contribution in [1.29, 1.82) is 0 Å². The van der Waals surface area contributed by atoms with Crippen LogP contribution in [0, 0.1) is 11.3 Å². The van der Waals surface area contributed by atoms with Gasteiger partial charge < -0.3 is 0 Å². The van der Waals surface area contributed by atoms with Crippen molar-refractivity contribution in [2.24, 2.45) is 17.2 Å². The van der Waals surface area contributed by atoms with Crippen molar-refractivity contribution in [3.63, 3.8) is 0 Å². The summed E-state index contributed by atoms with van der Waals surface area (Å²) in [4.78, 5) is 4.35. The Morgan fingerprint density at radius 1 is 1.69 bits per heavy atom. The summed E-state index contributed by atoms with van der Waals surface area (Å²) in [6, 6.07) is 0.364. The summed E-state index contributed by atoms with van der Waals surface area (Å²) >= 11 is 1.72. The summed E-state index contributed by atoms with van der Waals surface area (Å²) in [5, 5.41) is 3.22. The molecule has 3 nitrogen and oxygen atoms in total. The van der Waals surface area contributed by atoms with Crippen molar-refractivity contribution in [2.75, 3.05) is 0 Å². The van der Waals surface area contributed by atoms with Gasteiger partial charge in [0, 0.05) is 24.0 Å². The van der Waals surface area contributed by atoms with Crippen LogP contribution in [-0.2, 0) is 6.42 Å². The van der Waals surface area contributed by atoms with Crippen LogP contribution in [-0.4, -0.2) is 11.0 Å². The number of rotatable bonds is 4. The highest BCUT2D eigenvalue weighted by molar-refractivity contribution is 7.09. The van der Waals surface area contributed by atoms with Crippen LogP contribution in [0.1, 0.15) is 38.1 Å². The van der Waals surface area contributed by atoms with Gasteiger partial charge in [-0.1, -0.05) is 20.3 Å². The molecule has 0 amide bonds. The van der Waals surface area contributed by atoms with Gasteiger partial charge in [0.1, 0.15) is 0 Å². The maximum atomic E-state index is 5.72. The smallest absolute Gasteiger partial charge is 0.0940 e. The molecule has 0 radical (unpaired) electrons. The van der Waals surface area contributed by atoms with Gasteiger partial charge in [0.15, 0.2) is 0 Å². The van der Waals surface area contributed by atoms with Crippen molar-refractivity contribution in [3.8, 4) is 0 Å². The van der Waals surface area contributed by atoms with Crippen LogP contribution in [0.2, 0.25) is 0 Å². The SMILES string of the molecule is CC1(C)CCCC1C(Cc1nccs1)NN. The first-order chi connectivity index (χ1) is 7.63. The molecule has 2 atom stereocenters. The van der Waals surface area contributed by atoms with Gasteiger partial charge in [-0.25, -0.2) is 4.98 Å². The monoisotopic (exact) mass is 239 g/mol. The molecule has 1 fully saturated rings. The Morgan fingerprint density at radius 3 is 3.00 bits per heavy atom. The van der Waals surface area contributed by atoms with Crippen LogP contribution < -0.4 is 11.3 Å². The molecule has 1 aromatic rings. The average Bonchev–Trinajstić information content (AvgIpc) is 2.84. The van der Waals surface area contributed by atoms with E-state index in [4.69, 9.17) is 5.84 Å². The highest BCUT2D eigenvalue weighted by Crippen LogP contribution is 2.44. The summed E-state index contributed by atoms with van der Waals surface area (Å²) in [6.45, 7) is 4.72. The Hall–Kier alpha value is -0.450. The van der Waals surface area contributed by atoms with E-state index in [1.165, 1.54) is 24.3 Å². The number of hydrogen-bond acceptors (Lipinski definition) is 4. The third kappa shape index (κ3) is 2.44. The first kappa shape index (κ1) is 12.0. The van der Waals surface area contributed by atoms with Crippen LogP contribution in [0.15, 0.2) is 11.6 Å². The van der Waals surface area contributed by atoms with Crippen LogP contribution in [0.3, 0.4) is 0 Å². The van der Waals surface area contributed by atoms with Crippen molar-refractivity contribution in [1.82, 2.24) is 10.4 Å². The van der Waals surface area contributed by atoms with Gasteiger partial charge in [0.25, 0.3) is 0 Å². The molecule has 0 saturated heterocycles. The van der Waals surface area contributed by atoms with E-state index in [-0.39, 0.29) is 0 Å². The summed E-state index contributed by atoms with van der Waals surface area (Å²) in [7, 11) is 0. The normalized spacial score (nSPS) is 25.8. The van der Waals surface area contributed by atoms with Gasteiger partial charge in [-0.2, -0.15) is 0 Å². The maximum Gasteiger partial charge on any atom is 0.0940 e. The van der Waals surface area contributed by atoms with E-state index in [2.05, 4.69) is 24.3 Å². The quantitative estimate of drug-likeness (QED) is 0.626. The van der Waals surface area contributed by atoms with Gasteiger partial charge in [-0.05, 0) is 24.2 Å². The number of hydrogen-bond donors (Lipinski definition) is 2. The van der Waals surface area contributed by atoms with Crippen LogP contribution in [0.25, 0.3) is 0 Å². The first-order valence-electron chi connectivity index (χ1n) is 5.98.